The number of hydrogen-bond acceptors (Lipinski definition) is 4. The third kappa shape index (κ3) is 5.37. The first-order valence-electron chi connectivity index (χ1n) is 8.48. The second-order valence-electron chi connectivity index (χ2n) is 5.98. The standard InChI is InChI=1S/C18H26N4OS/c1-4-5-7-10-14(2)19-16(23)13-24-18-21-20-17(22(18)3)15-11-8-6-9-12-15/h6,8-9,11-12,14H,4-5,7,10,13H2,1-3H3,(H,19,23)/t14-/m1/s1. The molecule has 1 amide bonds. The van der Waals surface area contributed by atoms with Gasteiger partial charge in [-0.1, -0.05) is 68.3 Å². The third-order valence-electron chi connectivity index (χ3n) is 3.85. The molecule has 0 unspecified atom stereocenters. The maximum absolute atomic E-state index is 12.1. The summed E-state index contributed by atoms with van der Waals surface area (Å²) < 4.78 is 1.93. The van der Waals surface area contributed by atoms with Gasteiger partial charge in [-0.3, -0.25) is 4.79 Å². The molecule has 2 rings (SSSR count). The van der Waals surface area contributed by atoms with Crippen molar-refractivity contribution in [3.05, 3.63) is 30.3 Å². The number of carbonyl (C=O) groups excluding carboxylic acids is 1. The van der Waals surface area contributed by atoms with E-state index in [1.54, 1.807) is 0 Å². The van der Waals surface area contributed by atoms with Crippen molar-refractivity contribution < 1.29 is 4.79 Å². The van der Waals surface area contributed by atoms with E-state index in [1.165, 1.54) is 24.6 Å². The van der Waals surface area contributed by atoms with Crippen molar-refractivity contribution in [3.63, 3.8) is 0 Å². The Kier molecular flexibility index (Phi) is 7.31. The molecule has 0 radical (unpaired) electrons. The summed E-state index contributed by atoms with van der Waals surface area (Å²) in [7, 11) is 1.93. The van der Waals surface area contributed by atoms with Crippen LogP contribution in [-0.4, -0.2) is 32.5 Å². The number of amides is 1. The molecule has 0 aliphatic carbocycles. The zero-order valence-electron chi connectivity index (χ0n) is 14.7. The van der Waals surface area contributed by atoms with Crippen molar-refractivity contribution in [2.75, 3.05) is 5.75 Å². The molecule has 24 heavy (non-hydrogen) atoms. The number of hydrogen-bond donors (Lipinski definition) is 1. The Balaban J connectivity index is 1.84. The Hall–Kier alpha value is -1.82. The second-order valence-corrected chi connectivity index (χ2v) is 6.93. The second kappa shape index (κ2) is 9.47. The van der Waals surface area contributed by atoms with Gasteiger partial charge in [0.15, 0.2) is 11.0 Å². The van der Waals surface area contributed by atoms with E-state index in [0.717, 1.165) is 29.4 Å². The molecule has 0 fully saturated rings. The lowest BCUT2D eigenvalue weighted by Crippen LogP contribution is -2.33. The SMILES string of the molecule is CCCCC[C@@H](C)NC(=O)CSc1nnc(-c2ccccc2)n1C. The van der Waals surface area contributed by atoms with Gasteiger partial charge in [-0.05, 0) is 13.3 Å². The molecule has 1 aromatic carbocycles. The van der Waals surface area contributed by atoms with Crippen LogP contribution in [-0.2, 0) is 11.8 Å². The van der Waals surface area contributed by atoms with Crippen LogP contribution in [0.25, 0.3) is 11.4 Å². The van der Waals surface area contributed by atoms with Crippen LogP contribution in [0, 0.1) is 0 Å². The molecular weight excluding hydrogens is 320 g/mol. The van der Waals surface area contributed by atoms with Crippen molar-refractivity contribution in [1.82, 2.24) is 20.1 Å². The van der Waals surface area contributed by atoms with E-state index in [4.69, 9.17) is 0 Å². The van der Waals surface area contributed by atoms with E-state index in [2.05, 4.69) is 29.4 Å². The van der Waals surface area contributed by atoms with Crippen LogP contribution in [0.3, 0.4) is 0 Å². The van der Waals surface area contributed by atoms with Gasteiger partial charge in [-0.2, -0.15) is 0 Å². The summed E-state index contributed by atoms with van der Waals surface area (Å²) in [5.41, 5.74) is 1.02. The van der Waals surface area contributed by atoms with Gasteiger partial charge < -0.3 is 9.88 Å². The Labute approximate surface area is 148 Å². The van der Waals surface area contributed by atoms with E-state index < -0.39 is 0 Å². The third-order valence-corrected chi connectivity index (χ3v) is 4.87. The average molecular weight is 346 g/mol. The molecule has 6 heteroatoms. The summed E-state index contributed by atoms with van der Waals surface area (Å²) in [6, 6.07) is 10.2. The molecule has 0 aliphatic heterocycles. The Bertz CT molecular complexity index is 642. The highest BCUT2D eigenvalue weighted by atomic mass is 32.2. The zero-order valence-corrected chi connectivity index (χ0v) is 15.5. The largest absolute Gasteiger partial charge is 0.353 e. The first kappa shape index (κ1) is 18.5. The highest BCUT2D eigenvalue weighted by Gasteiger charge is 2.13. The summed E-state index contributed by atoms with van der Waals surface area (Å²) in [6.07, 6.45) is 4.61. The van der Waals surface area contributed by atoms with Crippen LogP contribution >= 0.6 is 11.8 Å². The molecule has 1 heterocycles. The monoisotopic (exact) mass is 346 g/mol. The topological polar surface area (TPSA) is 59.8 Å². The van der Waals surface area contributed by atoms with Gasteiger partial charge in [-0.25, -0.2) is 0 Å². The van der Waals surface area contributed by atoms with Crippen LogP contribution in [0.2, 0.25) is 0 Å². The summed E-state index contributed by atoms with van der Waals surface area (Å²) >= 11 is 1.42. The fourth-order valence-electron chi connectivity index (χ4n) is 2.50. The van der Waals surface area contributed by atoms with Crippen LogP contribution < -0.4 is 5.32 Å². The van der Waals surface area contributed by atoms with Gasteiger partial charge in [0.1, 0.15) is 0 Å². The van der Waals surface area contributed by atoms with E-state index in [9.17, 15) is 4.79 Å². The van der Waals surface area contributed by atoms with E-state index in [0.29, 0.717) is 5.75 Å². The number of unbranched alkanes of at least 4 members (excludes halogenated alkanes) is 2. The summed E-state index contributed by atoms with van der Waals surface area (Å²) in [6.45, 7) is 4.25. The summed E-state index contributed by atoms with van der Waals surface area (Å²) in [5.74, 6) is 1.22. The molecule has 130 valence electrons. The predicted octanol–water partition coefficient (Wildman–Crippen LogP) is 3.66. The van der Waals surface area contributed by atoms with Crippen molar-refractivity contribution in [2.24, 2.45) is 7.05 Å². The van der Waals surface area contributed by atoms with Crippen LogP contribution in [0.15, 0.2) is 35.5 Å². The molecule has 1 atom stereocenters. The number of aromatic nitrogens is 3. The van der Waals surface area contributed by atoms with Crippen molar-refractivity contribution >= 4 is 17.7 Å². The number of benzene rings is 1. The minimum atomic E-state index is 0.0493. The number of nitrogens with zero attached hydrogens (tertiary/aromatic N) is 3. The van der Waals surface area contributed by atoms with Crippen LogP contribution in [0.1, 0.15) is 39.5 Å². The fourth-order valence-corrected chi connectivity index (χ4v) is 3.22. The van der Waals surface area contributed by atoms with Crippen LogP contribution in [0.5, 0.6) is 0 Å². The first-order valence-corrected chi connectivity index (χ1v) is 9.47. The molecule has 0 saturated carbocycles. The Morgan fingerprint density at radius 1 is 1.25 bits per heavy atom. The maximum atomic E-state index is 12.1. The lowest BCUT2D eigenvalue weighted by atomic mass is 10.1. The highest BCUT2D eigenvalue weighted by molar-refractivity contribution is 7.99. The lowest BCUT2D eigenvalue weighted by molar-refractivity contribution is -0.119. The van der Waals surface area contributed by atoms with Crippen molar-refractivity contribution in [2.45, 2.75) is 50.7 Å². The zero-order chi connectivity index (χ0) is 17.4. The Morgan fingerprint density at radius 3 is 2.71 bits per heavy atom. The van der Waals surface area contributed by atoms with E-state index in [-0.39, 0.29) is 11.9 Å². The van der Waals surface area contributed by atoms with Gasteiger partial charge in [-0.15, -0.1) is 10.2 Å². The first-order chi connectivity index (χ1) is 11.6. The van der Waals surface area contributed by atoms with Crippen molar-refractivity contribution in [1.29, 1.82) is 0 Å². The highest BCUT2D eigenvalue weighted by Crippen LogP contribution is 2.22. The van der Waals surface area contributed by atoms with Crippen molar-refractivity contribution in [3.8, 4) is 11.4 Å². The molecule has 0 saturated heterocycles. The van der Waals surface area contributed by atoms with E-state index in [1.807, 2.05) is 41.9 Å². The maximum Gasteiger partial charge on any atom is 0.230 e. The minimum Gasteiger partial charge on any atom is -0.353 e. The molecular formula is C18H26N4OS. The van der Waals surface area contributed by atoms with E-state index >= 15 is 0 Å². The Morgan fingerprint density at radius 2 is 2.00 bits per heavy atom. The van der Waals surface area contributed by atoms with Crippen LogP contribution in [0.4, 0.5) is 0 Å². The van der Waals surface area contributed by atoms with Gasteiger partial charge in [0.05, 0.1) is 5.75 Å². The molecule has 5 nitrogen and oxygen atoms in total. The predicted molar refractivity (Wildman–Crippen MR) is 98.9 cm³/mol. The number of nitrogens with one attached hydrogen (secondary N) is 1. The normalized spacial score (nSPS) is 12.1. The van der Waals surface area contributed by atoms with Gasteiger partial charge in [0.2, 0.25) is 5.91 Å². The van der Waals surface area contributed by atoms with Gasteiger partial charge in [0.25, 0.3) is 0 Å². The number of thioether (sulfide) groups is 1. The number of rotatable bonds is 9. The molecule has 0 aliphatic rings. The molecule has 0 spiro atoms. The van der Waals surface area contributed by atoms with Gasteiger partial charge in [0, 0.05) is 18.7 Å². The summed E-state index contributed by atoms with van der Waals surface area (Å²) in [5, 5.41) is 12.2. The summed E-state index contributed by atoms with van der Waals surface area (Å²) in [4.78, 5) is 12.1. The average Bonchev–Trinajstić information content (AvgIpc) is 2.95. The number of carbonyl (C=O) groups is 1. The lowest BCUT2D eigenvalue weighted by Gasteiger charge is -2.13. The smallest absolute Gasteiger partial charge is 0.230 e. The molecule has 2 aromatic rings. The minimum absolute atomic E-state index is 0.0493. The molecule has 1 aromatic heterocycles. The molecule has 0 bridgehead atoms. The fraction of sp³-hybridized carbons (Fsp3) is 0.500. The quantitative estimate of drug-likeness (QED) is 0.556. The molecule has 1 N–H and O–H groups in total. The van der Waals surface area contributed by atoms with Gasteiger partial charge >= 0.3 is 0 Å².